The molecule has 0 aliphatic carbocycles. The summed E-state index contributed by atoms with van der Waals surface area (Å²) < 4.78 is 12.0. The number of Topliss-reactive ketones (excluding diaryl/α,β-unsaturated/α-hetero) is 1. The zero-order chi connectivity index (χ0) is 30.5. The number of H-pyrrole nitrogens is 1. The van der Waals surface area contributed by atoms with Crippen molar-refractivity contribution in [2.75, 3.05) is 0 Å². The molecular formula is C37H30N2O5. The Bertz CT molecular complexity index is 1820. The van der Waals surface area contributed by atoms with Gasteiger partial charge in [0, 0.05) is 17.2 Å². The number of aromatic nitrogens is 1. The Hall–Kier alpha value is -5.69. The van der Waals surface area contributed by atoms with E-state index in [0.29, 0.717) is 35.0 Å². The number of likely N-dealkylation sites (tertiary alicyclic amines) is 1. The predicted octanol–water partition coefficient (Wildman–Crippen LogP) is 5.60. The maximum atomic E-state index is 14.1. The van der Waals surface area contributed by atoms with E-state index in [1.54, 1.807) is 54.9 Å². The van der Waals surface area contributed by atoms with Crippen LogP contribution in [0.3, 0.4) is 0 Å². The van der Waals surface area contributed by atoms with Crippen molar-refractivity contribution in [3.8, 4) is 17.2 Å². The van der Waals surface area contributed by atoms with Crippen molar-refractivity contribution in [2.45, 2.75) is 26.1 Å². The van der Waals surface area contributed by atoms with E-state index in [4.69, 9.17) is 9.47 Å². The summed E-state index contributed by atoms with van der Waals surface area (Å²) >= 11 is 0. The van der Waals surface area contributed by atoms with Crippen LogP contribution in [0.5, 0.6) is 17.2 Å². The number of ketones is 1. The number of benzene rings is 4. The van der Waals surface area contributed by atoms with Gasteiger partial charge in [0.15, 0.2) is 12.4 Å². The minimum atomic E-state index is -0.906. The topological polar surface area (TPSA) is 93.0 Å². The molecule has 0 saturated carbocycles. The monoisotopic (exact) mass is 582 g/mol. The van der Waals surface area contributed by atoms with Crippen LogP contribution in [0.4, 0.5) is 0 Å². The lowest BCUT2D eigenvalue weighted by molar-refractivity contribution is -0.378. The number of ether oxygens (including phenoxy) is 2. The lowest BCUT2D eigenvalue weighted by atomic mass is 9.94. The molecule has 6 rings (SSSR count). The third-order valence-corrected chi connectivity index (χ3v) is 7.48. The number of amides is 1. The number of nitrogens with one attached hydrogen (secondary N) is 1. The summed E-state index contributed by atoms with van der Waals surface area (Å²) in [6.07, 6.45) is 3.53. The number of para-hydroxylation sites is 1. The number of aromatic amines is 1. The maximum absolute atomic E-state index is 14.1. The van der Waals surface area contributed by atoms with Gasteiger partial charge in [-0.25, -0.2) is 4.98 Å². The Morgan fingerprint density at radius 3 is 2.27 bits per heavy atom. The molecular weight excluding hydrogens is 552 g/mol. The first-order valence-electron chi connectivity index (χ1n) is 14.3. The van der Waals surface area contributed by atoms with Crippen LogP contribution in [0, 0.1) is 6.92 Å². The van der Waals surface area contributed by atoms with Gasteiger partial charge in [0.25, 0.3) is 5.91 Å². The molecule has 1 amide bonds. The summed E-state index contributed by atoms with van der Waals surface area (Å²) in [5.41, 5.74) is 3.37. The Labute approximate surface area is 255 Å². The minimum Gasteiger partial charge on any atom is -0.872 e. The third kappa shape index (κ3) is 6.08. The molecule has 5 aromatic rings. The fraction of sp³-hybridized carbons (Fsp3) is 0.108. The Morgan fingerprint density at radius 2 is 1.55 bits per heavy atom. The molecule has 1 unspecified atom stereocenters. The normalized spacial score (nSPS) is 15.8. The van der Waals surface area contributed by atoms with Crippen LogP contribution in [0.25, 0.3) is 5.76 Å². The molecule has 1 aromatic heterocycles. The van der Waals surface area contributed by atoms with E-state index in [9.17, 15) is 14.7 Å². The summed E-state index contributed by atoms with van der Waals surface area (Å²) in [7, 11) is 0. The van der Waals surface area contributed by atoms with Crippen molar-refractivity contribution in [1.82, 2.24) is 4.90 Å². The van der Waals surface area contributed by atoms with Crippen molar-refractivity contribution >= 4 is 17.4 Å². The van der Waals surface area contributed by atoms with Crippen LogP contribution in [0.1, 0.15) is 33.9 Å². The molecule has 0 radical (unpaired) electrons. The Kier molecular flexibility index (Phi) is 8.19. The molecule has 218 valence electrons. The number of aryl methyl sites for hydroxylation is 1. The van der Waals surface area contributed by atoms with Gasteiger partial charge in [0.05, 0.1) is 12.6 Å². The SMILES string of the molecule is Cc1cc(C([O-])=C2C(=O)C(=O)N(Cc3ccc[nH+]c3)C2c2cccc(Oc3ccccc3)c2)ccc1OCc1ccccc1. The van der Waals surface area contributed by atoms with Gasteiger partial charge in [0.2, 0.25) is 5.78 Å². The van der Waals surface area contributed by atoms with Gasteiger partial charge in [-0.1, -0.05) is 72.5 Å². The lowest BCUT2D eigenvalue weighted by Gasteiger charge is -2.27. The van der Waals surface area contributed by atoms with Crippen LogP contribution >= 0.6 is 0 Å². The highest BCUT2D eigenvalue weighted by molar-refractivity contribution is 6.46. The molecule has 0 bridgehead atoms. The van der Waals surface area contributed by atoms with E-state index < -0.39 is 23.5 Å². The fourth-order valence-corrected chi connectivity index (χ4v) is 5.32. The van der Waals surface area contributed by atoms with E-state index in [-0.39, 0.29) is 12.1 Å². The largest absolute Gasteiger partial charge is 0.872 e. The van der Waals surface area contributed by atoms with Crippen LogP contribution in [0.15, 0.2) is 133 Å². The van der Waals surface area contributed by atoms with Gasteiger partial charge in [0.1, 0.15) is 23.9 Å². The van der Waals surface area contributed by atoms with Crippen molar-refractivity contribution in [3.63, 3.8) is 0 Å². The minimum absolute atomic E-state index is 0.0934. The number of nitrogens with zero attached hydrogens (tertiary/aromatic N) is 1. The number of pyridine rings is 1. The molecule has 44 heavy (non-hydrogen) atoms. The predicted molar refractivity (Wildman–Crippen MR) is 163 cm³/mol. The highest BCUT2D eigenvalue weighted by atomic mass is 16.5. The number of rotatable bonds is 9. The van der Waals surface area contributed by atoms with Gasteiger partial charge in [-0.2, -0.15) is 0 Å². The molecule has 1 aliphatic heterocycles. The first kappa shape index (κ1) is 28.4. The average molecular weight is 583 g/mol. The number of hydrogen-bond donors (Lipinski definition) is 0. The summed E-state index contributed by atoms with van der Waals surface area (Å²) in [5, 5.41) is 14.1. The van der Waals surface area contributed by atoms with Gasteiger partial charge < -0.3 is 19.5 Å². The molecule has 1 saturated heterocycles. The first-order valence-corrected chi connectivity index (χ1v) is 14.3. The molecule has 1 atom stereocenters. The molecule has 1 N–H and O–H groups in total. The highest BCUT2D eigenvalue weighted by Gasteiger charge is 2.44. The van der Waals surface area contributed by atoms with Crippen molar-refractivity contribution in [3.05, 3.63) is 161 Å². The molecule has 0 spiro atoms. The average Bonchev–Trinajstić information content (AvgIpc) is 3.30. The number of carbonyl (C=O) groups excluding carboxylic acids is 2. The highest BCUT2D eigenvalue weighted by Crippen LogP contribution is 2.41. The lowest BCUT2D eigenvalue weighted by Crippen LogP contribution is -2.29. The Balaban J connectivity index is 1.38. The van der Waals surface area contributed by atoms with Crippen LogP contribution < -0.4 is 19.6 Å². The van der Waals surface area contributed by atoms with Crippen molar-refractivity contribution in [1.29, 1.82) is 0 Å². The molecule has 7 nitrogen and oxygen atoms in total. The molecule has 4 aromatic carbocycles. The molecule has 1 aliphatic rings. The van der Waals surface area contributed by atoms with E-state index in [1.165, 1.54) is 4.90 Å². The van der Waals surface area contributed by atoms with Crippen LogP contribution in [0.2, 0.25) is 0 Å². The van der Waals surface area contributed by atoms with E-state index >= 15 is 0 Å². The number of carbonyl (C=O) groups is 2. The maximum Gasteiger partial charge on any atom is 0.295 e. The molecule has 1 fully saturated rings. The zero-order valence-electron chi connectivity index (χ0n) is 24.1. The van der Waals surface area contributed by atoms with E-state index in [2.05, 4.69) is 4.98 Å². The quantitative estimate of drug-likeness (QED) is 0.128. The van der Waals surface area contributed by atoms with Crippen LogP contribution in [-0.4, -0.2) is 16.6 Å². The van der Waals surface area contributed by atoms with Gasteiger partial charge in [-0.15, -0.1) is 0 Å². The van der Waals surface area contributed by atoms with Crippen LogP contribution in [-0.2, 0) is 22.7 Å². The second kappa shape index (κ2) is 12.7. The Morgan fingerprint density at radius 1 is 0.818 bits per heavy atom. The van der Waals surface area contributed by atoms with Gasteiger partial charge in [-0.3, -0.25) is 9.59 Å². The zero-order valence-corrected chi connectivity index (χ0v) is 24.1. The second-order valence-corrected chi connectivity index (χ2v) is 10.6. The third-order valence-electron chi connectivity index (χ3n) is 7.48. The summed E-state index contributed by atoms with van der Waals surface area (Å²) in [5.74, 6) is -0.232. The summed E-state index contributed by atoms with van der Waals surface area (Å²) in [6.45, 7) is 2.37. The van der Waals surface area contributed by atoms with E-state index in [0.717, 1.165) is 16.7 Å². The first-order chi connectivity index (χ1) is 21.5. The number of hydrogen-bond acceptors (Lipinski definition) is 5. The summed E-state index contributed by atoms with van der Waals surface area (Å²) in [4.78, 5) is 31.5. The van der Waals surface area contributed by atoms with Gasteiger partial charge in [-0.05, 0) is 71.6 Å². The van der Waals surface area contributed by atoms with Gasteiger partial charge >= 0.3 is 0 Å². The standard InChI is InChI=1S/C37H30N2O5/c1-25-20-29(17-18-32(25)43-24-26-10-4-2-5-11-26)35(40)33-34(39(37(42)36(33)41)23-27-12-9-19-38-22-27)28-13-8-16-31(21-28)44-30-14-6-3-7-15-30/h2-22,34,40H,23-24H2,1H3. The smallest absolute Gasteiger partial charge is 0.295 e. The molecule has 7 heteroatoms. The van der Waals surface area contributed by atoms with E-state index in [1.807, 2.05) is 79.7 Å². The molecule has 2 heterocycles. The fourth-order valence-electron chi connectivity index (χ4n) is 5.32. The second-order valence-electron chi connectivity index (χ2n) is 10.6. The summed E-state index contributed by atoms with van der Waals surface area (Å²) in [6, 6.07) is 34.1. The van der Waals surface area contributed by atoms with Crippen molar-refractivity contribution < 1.29 is 29.2 Å². The van der Waals surface area contributed by atoms with Crippen molar-refractivity contribution in [2.24, 2.45) is 0 Å².